The molecule has 3 N–H and O–H groups in total. The number of aromatic nitrogens is 3. The van der Waals surface area contributed by atoms with E-state index in [-0.39, 0.29) is 16.5 Å². The molecule has 3 rings (SSSR count). The molecule has 0 saturated carbocycles. The summed E-state index contributed by atoms with van der Waals surface area (Å²) < 4.78 is 24.4. The van der Waals surface area contributed by atoms with Crippen LogP contribution in [0.25, 0.3) is 4.96 Å². The van der Waals surface area contributed by atoms with Crippen LogP contribution in [0, 0.1) is 0 Å². The van der Waals surface area contributed by atoms with E-state index in [9.17, 15) is 13.2 Å². The van der Waals surface area contributed by atoms with Crippen LogP contribution in [0.4, 0.5) is 5.13 Å². The number of primary sulfonamides is 1. The summed E-state index contributed by atoms with van der Waals surface area (Å²) in [4.78, 5) is 17.1. The van der Waals surface area contributed by atoms with E-state index in [1.54, 1.807) is 12.1 Å². The molecule has 1 aromatic carbocycles. The van der Waals surface area contributed by atoms with Gasteiger partial charge in [0.05, 0.1) is 10.9 Å². The predicted octanol–water partition coefficient (Wildman–Crippen LogP) is 1.92. The Bertz CT molecular complexity index is 1100. The van der Waals surface area contributed by atoms with Crippen molar-refractivity contribution in [1.82, 2.24) is 14.6 Å². The Kier molecular flexibility index (Phi) is 5.08. The Hall–Kier alpha value is -2.30. The largest absolute Gasteiger partial charge is 0.353 e. The molecule has 0 amide bonds. The number of aryl methyl sites for hydroxylation is 1. The number of fused-ring (bicyclic) bond motifs is 1. The summed E-state index contributed by atoms with van der Waals surface area (Å²) in [5.74, 6) is 0. The van der Waals surface area contributed by atoms with E-state index in [1.807, 2.05) is 19.9 Å². The molecule has 0 aliphatic carbocycles. The fourth-order valence-corrected chi connectivity index (χ4v) is 4.02. The molecular formula is C16H19N5O3S2. The fourth-order valence-electron chi connectivity index (χ4n) is 2.57. The zero-order chi connectivity index (χ0) is 18.9. The number of benzene rings is 1. The Morgan fingerprint density at radius 3 is 2.73 bits per heavy atom. The Morgan fingerprint density at radius 1 is 1.31 bits per heavy atom. The SMILES string of the molecule is CCc1cc(=O)n2nc(NC(CC)c3cccc(S(N)(=O)=O)c3)sc2n1. The quantitative estimate of drug-likeness (QED) is 0.660. The van der Waals surface area contributed by atoms with Crippen LogP contribution < -0.4 is 16.0 Å². The molecule has 0 aliphatic rings. The van der Waals surface area contributed by atoms with Gasteiger partial charge in [0.1, 0.15) is 0 Å². The summed E-state index contributed by atoms with van der Waals surface area (Å²) in [5.41, 5.74) is 1.27. The van der Waals surface area contributed by atoms with Gasteiger partial charge in [-0.1, -0.05) is 37.3 Å². The number of rotatable bonds is 6. The predicted molar refractivity (Wildman–Crippen MR) is 101 cm³/mol. The lowest BCUT2D eigenvalue weighted by atomic mass is 10.1. The topological polar surface area (TPSA) is 119 Å². The number of nitrogens with one attached hydrogen (secondary N) is 1. The van der Waals surface area contributed by atoms with Crippen LogP contribution in [-0.2, 0) is 16.4 Å². The van der Waals surface area contributed by atoms with Crippen LogP contribution in [0.1, 0.15) is 37.6 Å². The van der Waals surface area contributed by atoms with Crippen LogP contribution in [0.2, 0.25) is 0 Å². The monoisotopic (exact) mass is 393 g/mol. The molecule has 1 atom stereocenters. The van der Waals surface area contributed by atoms with Gasteiger partial charge in [-0.25, -0.2) is 18.5 Å². The third-order valence-electron chi connectivity index (χ3n) is 3.96. The zero-order valence-electron chi connectivity index (χ0n) is 14.3. The number of hydrogen-bond donors (Lipinski definition) is 2. The number of sulfonamides is 1. The molecule has 0 fully saturated rings. The summed E-state index contributed by atoms with van der Waals surface area (Å²) in [6, 6.07) is 7.77. The lowest BCUT2D eigenvalue weighted by molar-refractivity contribution is 0.597. The van der Waals surface area contributed by atoms with Crippen molar-refractivity contribution in [2.45, 2.75) is 37.6 Å². The van der Waals surface area contributed by atoms with E-state index >= 15 is 0 Å². The summed E-state index contributed by atoms with van der Waals surface area (Å²) in [6.07, 6.45) is 1.36. The number of nitrogens with zero attached hydrogens (tertiary/aromatic N) is 3. The average Bonchev–Trinajstić information content (AvgIpc) is 3.02. The summed E-state index contributed by atoms with van der Waals surface area (Å²) in [6.45, 7) is 3.90. The van der Waals surface area contributed by atoms with E-state index in [0.717, 1.165) is 11.3 Å². The Balaban J connectivity index is 1.95. The first-order valence-corrected chi connectivity index (χ1v) is 10.5. The van der Waals surface area contributed by atoms with Gasteiger partial charge in [-0.15, -0.1) is 5.10 Å². The van der Waals surface area contributed by atoms with Gasteiger partial charge >= 0.3 is 0 Å². The maximum atomic E-state index is 12.1. The lowest BCUT2D eigenvalue weighted by Crippen LogP contribution is -2.16. The second kappa shape index (κ2) is 7.14. The molecule has 10 heteroatoms. The first-order valence-electron chi connectivity index (χ1n) is 8.11. The molecule has 0 saturated heterocycles. The molecule has 8 nitrogen and oxygen atoms in total. The molecule has 0 aliphatic heterocycles. The summed E-state index contributed by atoms with van der Waals surface area (Å²) >= 11 is 1.28. The maximum Gasteiger partial charge on any atom is 0.275 e. The van der Waals surface area contributed by atoms with Crippen molar-refractivity contribution in [3.05, 3.63) is 51.9 Å². The van der Waals surface area contributed by atoms with Crippen LogP contribution >= 0.6 is 11.3 Å². The smallest absolute Gasteiger partial charge is 0.275 e. The molecule has 0 radical (unpaired) electrons. The van der Waals surface area contributed by atoms with E-state index < -0.39 is 10.0 Å². The van der Waals surface area contributed by atoms with Crippen molar-refractivity contribution in [1.29, 1.82) is 0 Å². The van der Waals surface area contributed by atoms with Gasteiger partial charge in [-0.2, -0.15) is 4.52 Å². The standard InChI is InChI=1S/C16H19N5O3S2/c1-3-11-9-14(22)21-16(18-11)25-15(20-21)19-13(4-2)10-6-5-7-12(8-10)26(17,23)24/h5-9,13H,3-4H2,1-2H3,(H,19,20)(H2,17,23,24). The zero-order valence-corrected chi connectivity index (χ0v) is 16.0. The first-order chi connectivity index (χ1) is 12.3. The number of anilines is 1. The second-order valence-electron chi connectivity index (χ2n) is 5.76. The van der Waals surface area contributed by atoms with Crippen molar-refractivity contribution in [2.75, 3.05) is 5.32 Å². The lowest BCUT2D eigenvalue weighted by Gasteiger charge is -2.17. The van der Waals surface area contributed by atoms with Gasteiger partial charge in [0.25, 0.3) is 5.56 Å². The van der Waals surface area contributed by atoms with Crippen LogP contribution in [0.3, 0.4) is 0 Å². The summed E-state index contributed by atoms with van der Waals surface area (Å²) in [7, 11) is -3.77. The van der Waals surface area contributed by atoms with Crippen molar-refractivity contribution in [2.24, 2.45) is 5.14 Å². The average molecular weight is 393 g/mol. The third kappa shape index (κ3) is 3.76. The summed E-state index contributed by atoms with van der Waals surface area (Å²) in [5, 5.41) is 13.3. The van der Waals surface area contributed by atoms with E-state index in [4.69, 9.17) is 5.14 Å². The molecule has 3 aromatic rings. The molecule has 138 valence electrons. The highest BCUT2D eigenvalue weighted by Crippen LogP contribution is 2.26. The molecule has 2 heterocycles. The van der Waals surface area contributed by atoms with Gasteiger partial charge < -0.3 is 5.32 Å². The van der Waals surface area contributed by atoms with Crippen LogP contribution in [0.15, 0.2) is 40.0 Å². The van der Waals surface area contributed by atoms with Crippen molar-refractivity contribution >= 4 is 31.5 Å². The molecule has 1 unspecified atom stereocenters. The molecule has 26 heavy (non-hydrogen) atoms. The molecule has 0 spiro atoms. The van der Waals surface area contributed by atoms with Crippen LogP contribution in [-0.4, -0.2) is 23.0 Å². The highest BCUT2D eigenvalue weighted by molar-refractivity contribution is 7.89. The van der Waals surface area contributed by atoms with Crippen molar-refractivity contribution in [3.63, 3.8) is 0 Å². The Labute approximate surface area is 154 Å². The van der Waals surface area contributed by atoms with E-state index in [0.29, 0.717) is 22.9 Å². The fraction of sp³-hybridized carbons (Fsp3) is 0.312. The maximum absolute atomic E-state index is 12.1. The molecular weight excluding hydrogens is 374 g/mol. The molecule has 2 aromatic heterocycles. The molecule has 0 bridgehead atoms. The van der Waals surface area contributed by atoms with Gasteiger partial charge in [0.15, 0.2) is 0 Å². The minimum absolute atomic E-state index is 0.0602. The van der Waals surface area contributed by atoms with Gasteiger partial charge in [-0.05, 0) is 30.5 Å². The van der Waals surface area contributed by atoms with E-state index in [2.05, 4.69) is 15.4 Å². The number of hydrogen-bond acceptors (Lipinski definition) is 7. The number of nitrogens with two attached hydrogens (primary N) is 1. The highest BCUT2D eigenvalue weighted by Gasteiger charge is 2.16. The minimum Gasteiger partial charge on any atom is -0.353 e. The van der Waals surface area contributed by atoms with Gasteiger partial charge in [0, 0.05) is 11.8 Å². The van der Waals surface area contributed by atoms with Crippen LogP contribution in [0.5, 0.6) is 0 Å². The van der Waals surface area contributed by atoms with Crippen molar-refractivity contribution in [3.8, 4) is 0 Å². The highest BCUT2D eigenvalue weighted by atomic mass is 32.2. The second-order valence-corrected chi connectivity index (χ2v) is 8.28. The minimum atomic E-state index is -3.77. The third-order valence-corrected chi connectivity index (χ3v) is 5.71. The van der Waals surface area contributed by atoms with Gasteiger partial charge in [0.2, 0.25) is 20.1 Å². The van der Waals surface area contributed by atoms with E-state index in [1.165, 1.54) is 28.0 Å². The first kappa shape index (κ1) is 18.5. The van der Waals surface area contributed by atoms with Gasteiger partial charge in [-0.3, -0.25) is 4.79 Å². The normalized spacial score (nSPS) is 13.0. The Morgan fingerprint density at radius 2 is 2.08 bits per heavy atom. The van der Waals surface area contributed by atoms with Crippen molar-refractivity contribution < 1.29 is 8.42 Å².